The number of hydrogen-bond donors (Lipinski definition) is 2. The molecule has 28 heavy (non-hydrogen) atoms. The number of benzene rings is 2. The summed E-state index contributed by atoms with van der Waals surface area (Å²) < 4.78 is 0. The maximum atomic E-state index is 4.56. The van der Waals surface area contributed by atoms with Gasteiger partial charge in [0.1, 0.15) is 0 Å². The zero-order valence-electron chi connectivity index (χ0n) is 17.2. The Balaban J connectivity index is 1.78. The van der Waals surface area contributed by atoms with Gasteiger partial charge >= 0.3 is 0 Å². The molecule has 0 aliphatic carbocycles. The molecular formula is C22H28N6. The molecule has 0 amide bonds. The Bertz CT molecular complexity index is 950. The lowest BCUT2D eigenvalue weighted by molar-refractivity contribution is 0.865. The highest BCUT2D eigenvalue weighted by Crippen LogP contribution is 2.25. The number of anilines is 5. The van der Waals surface area contributed by atoms with Crippen LogP contribution in [0.5, 0.6) is 0 Å². The minimum atomic E-state index is 0.467. The smallest absolute Gasteiger partial charge is 0.249 e. The topological polar surface area (TPSA) is 66.0 Å². The molecule has 3 rings (SSSR count). The third-order valence-corrected chi connectivity index (χ3v) is 4.80. The Kier molecular flexibility index (Phi) is 6.09. The average molecular weight is 377 g/mol. The second kappa shape index (κ2) is 8.69. The van der Waals surface area contributed by atoms with Crippen LogP contribution in [0.2, 0.25) is 0 Å². The number of nitrogens with one attached hydrogen (secondary N) is 2. The van der Waals surface area contributed by atoms with Gasteiger partial charge in [-0.2, -0.15) is 10.1 Å². The number of aromatic nitrogens is 3. The van der Waals surface area contributed by atoms with Crippen LogP contribution in [0, 0.1) is 20.8 Å². The monoisotopic (exact) mass is 376 g/mol. The lowest BCUT2D eigenvalue weighted by atomic mass is 10.1. The molecule has 2 aromatic carbocycles. The fourth-order valence-corrected chi connectivity index (χ4v) is 3.12. The molecule has 0 fully saturated rings. The van der Waals surface area contributed by atoms with E-state index in [1.54, 1.807) is 6.20 Å². The quantitative estimate of drug-likeness (QED) is 0.596. The molecule has 3 aromatic rings. The van der Waals surface area contributed by atoms with E-state index in [4.69, 9.17) is 0 Å². The Morgan fingerprint density at radius 3 is 2.36 bits per heavy atom. The molecule has 0 unspecified atom stereocenters. The van der Waals surface area contributed by atoms with Crippen LogP contribution in [0.1, 0.15) is 30.5 Å². The number of aryl methyl sites for hydroxylation is 3. The fraction of sp³-hybridized carbons (Fsp3) is 0.318. The van der Waals surface area contributed by atoms with Gasteiger partial charge in [0.2, 0.25) is 5.95 Å². The first-order valence-electron chi connectivity index (χ1n) is 9.66. The summed E-state index contributed by atoms with van der Waals surface area (Å²) in [5.41, 5.74) is 6.70. The third-order valence-electron chi connectivity index (χ3n) is 4.80. The van der Waals surface area contributed by atoms with Crippen molar-refractivity contribution in [1.29, 1.82) is 0 Å². The Hall–Kier alpha value is -3.15. The molecule has 0 atom stereocenters. The van der Waals surface area contributed by atoms with Gasteiger partial charge in [0.15, 0.2) is 5.82 Å². The summed E-state index contributed by atoms with van der Waals surface area (Å²) in [7, 11) is 0. The maximum Gasteiger partial charge on any atom is 0.249 e. The van der Waals surface area contributed by atoms with Gasteiger partial charge in [0, 0.05) is 30.2 Å². The zero-order chi connectivity index (χ0) is 20.1. The second-order valence-corrected chi connectivity index (χ2v) is 6.91. The van der Waals surface area contributed by atoms with E-state index in [1.165, 1.54) is 11.3 Å². The zero-order valence-corrected chi connectivity index (χ0v) is 17.2. The summed E-state index contributed by atoms with van der Waals surface area (Å²) in [5, 5.41) is 14.8. The molecule has 6 nitrogen and oxygen atoms in total. The van der Waals surface area contributed by atoms with Crippen LogP contribution in [-0.4, -0.2) is 28.3 Å². The van der Waals surface area contributed by atoms with E-state index < -0.39 is 0 Å². The first-order valence-corrected chi connectivity index (χ1v) is 9.66. The minimum Gasteiger partial charge on any atom is -0.372 e. The van der Waals surface area contributed by atoms with E-state index in [2.05, 4.69) is 102 Å². The molecule has 146 valence electrons. The maximum absolute atomic E-state index is 4.56. The van der Waals surface area contributed by atoms with Crippen LogP contribution in [0.4, 0.5) is 28.8 Å². The van der Waals surface area contributed by atoms with Crippen LogP contribution < -0.4 is 15.5 Å². The molecule has 1 aromatic heterocycles. The van der Waals surface area contributed by atoms with E-state index in [-0.39, 0.29) is 0 Å². The second-order valence-electron chi connectivity index (χ2n) is 6.91. The van der Waals surface area contributed by atoms with E-state index >= 15 is 0 Å². The lowest BCUT2D eigenvalue weighted by Crippen LogP contribution is -2.21. The normalized spacial score (nSPS) is 10.6. The largest absolute Gasteiger partial charge is 0.372 e. The van der Waals surface area contributed by atoms with Crippen LogP contribution in [0.15, 0.2) is 42.6 Å². The van der Waals surface area contributed by atoms with Gasteiger partial charge in [-0.3, -0.25) is 0 Å². The molecule has 0 aliphatic rings. The molecule has 0 bridgehead atoms. The highest BCUT2D eigenvalue weighted by atomic mass is 15.3. The van der Waals surface area contributed by atoms with Crippen molar-refractivity contribution >= 4 is 28.8 Å². The van der Waals surface area contributed by atoms with Gasteiger partial charge in [-0.05, 0) is 75.6 Å². The summed E-state index contributed by atoms with van der Waals surface area (Å²) in [4.78, 5) is 6.88. The van der Waals surface area contributed by atoms with Gasteiger partial charge in [-0.25, -0.2) is 0 Å². The summed E-state index contributed by atoms with van der Waals surface area (Å²) in [6.07, 6.45) is 1.63. The Morgan fingerprint density at radius 2 is 1.64 bits per heavy atom. The van der Waals surface area contributed by atoms with Crippen molar-refractivity contribution in [1.82, 2.24) is 15.2 Å². The molecule has 0 radical (unpaired) electrons. The standard InChI is InChI=1S/C22H28N6/c1-6-28(7-2)18-10-11-19(17(5)13-18)25-22-26-21(14-23-27-22)24-20-12-15(3)8-9-16(20)4/h8-14H,6-7H2,1-5H3,(H2,24,25,26,27). The molecule has 0 saturated heterocycles. The van der Waals surface area contributed by atoms with Crippen LogP contribution >= 0.6 is 0 Å². The third kappa shape index (κ3) is 4.57. The summed E-state index contributed by atoms with van der Waals surface area (Å²) >= 11 is 0. The fourth-order valence-electron chi connectivity index (χ4n) is 3.12. The highest BCUT2D eigenvalue weighted by Gasteiger charge is 2.08. The van der Waals surface area contributed by atoms with Crippen LogP contribution in [0.25, 0.3) is 0 Å². The molecular weight excluding hydrogens is 348 g/mol. The number of hydrogen-bond acceptors (Lipinski definition) is 6. The van der Waals surface area contributed by atoms with E-state index in [0.29, 0.717) is 11.8 Å². The SMILES string of the molecule is CCN(CC)c1ccc(Nc2nncc(Nc3cc(C)ccc3C)n2)c(C)c1. The Labute approximate surface area is 167 Å². The summed E-state index contributed by atoms with van der Waals surface area (Å²) in [6.45, 7) is 12.5. The van der Waals surface area contributed by atoms with Gasteiger partial charge in [0.25, 0.3) is 0 Å². The predicted octanol–water partition coefficient (Wildman–Crippen LogP) is 5.13. The van der Waals surface area contributed by atoms with Crippen molar-refractivity contribution in [3.8, 4) is 0 Å². The molecule has 6 heteroatoms. The van der Waals surface area contributed by atoms with Crippen molar-refractivity contribution in [3.05, 3.63) is 59.3 Å². The number of rotatable bonds is 7. The van der Waals surface area contributed by atoms with Crippen molar-refractivity contribution < 1.29 is 0 Å². The molecule has 1 heterocycles. The average Bonchev–Trinajstić information content (AvgIpc) is 2.68. The van der Waals surface area contributed by atoms with Gasteiger partial charge in [0.05, 0.1) is 6.20 Å². The van der Waals surface area contributed by atoms with E-state index in [9.17, 15) is 0 Å². The summed E-state index contributed by atoms with van der Waals surface area (Å²) in [5.74, 6) is 1.12. The van der Waals surface area contributed by atoms with Crippen LogP contribution in [0.3, 0.4) is 0 Å². The molecule has 0 saturated carbocycles. The van der Waals surface area contributed by atoms with Crippen molar-refractivity contribution in [3.63, 3.8) is 0 Å². The summed E-state index contributed by atoms with van der Waals surface area (Å²) in [6, 6.07) is 12.6. The van der Waals surface area contributed by atoms with Crippen molar-refractivity contribution in [2.45, 2.75) is 34.6 Å². The van der Waals surface area contributed by atoms with Crippen molar-refractivity contribution in [2.75, 3.05) is 28.6 Å². The highest BCUT2D eigenvalue weighted by molar-refractivity contribution is 5.65. The molecule has 0 spiro atoms. The van der Waals surface area contributed by atoms with E-state index in [1.807, 2.05) is 0 Å². The van der Waals surface area contributed by atoms with Gasteiger partial charge in [-0.15, -0.1) is 5.10 Å². The first-order chi connectivity index (χ1) is 13.5. The predicted molar refractivity (Wildman–Crippen MR) is 117 cm³/mol. The Morgan fingerprint density at radius 1 is 0.857 bits per heavy atom. The van der Waals surface area contributed by atoms with Gasteiger partial charge in [-0.1, -0.05) is 12.1 Å². The first kappa shape index (κ1) is 19.6. The van der Waals surface area contributed by atoms with E-state index in [0.717, 1.165) is 35.6 Å². The lowest BCUT2D eigenvalue weighted by Gasteiger charge is -2.22. The minimum absolute atomic E-state index is 0.467. The molecule has 2 N–H and O–H groups in total. The van der Waals surface area contributed by atoms with Crippen molar-refractivity contribution in [2.24, 2.45) is 0 Å². The van der Waals surface area contributed by atoms with Gasteiger partial charge < -0.3 is 15.5 Å². The molecule has 0 aliphatic heterocycles. The van der Waals surface area contributed by atoms with Crippen LogP contribution in [-0.2, 0) is 0 Å². The number of nitrogens with zero attached hydrogens (tertiary/aromatic N) is 4.